The van der Waals surface area contributed by atoms with Crippen LogP contribution in [0.2, 0.25) is 0 Å². The van der Waals surface area contributed by atoms with Gasteiger partial charge in [-0.15, -0.1) is 0 Å². The number of benzene rings is 1. The third-order valence-electron chi connectivity index (χ3n) is 2.65. The van der Waals surface area contributed by atoms with E-state index in [0.717, 1.165) is 22.1 Å². The molecule has 92 valence electrons. The van der Waals surface area contributed by atoms with Gasteiger partial charge < -0.3 is 0 Å². The molecule has 2 rings (SSSR count). The van der Waals surface area contributed by atoms with E-state index in [1.807, 2.05) is 19.1 Å². The van der Waals surface area contributed by atoms with Crippen molar-refractivity contribution < 1.29 is 14.5 Å². The van der Waals surface area contributed by atoms with Gasteiger partial charge in [0.05, 0.1) is 17.5 Å². The molecule has 1 heterocycles. The largest absolute Gasteiger partial charge is 0.339 e. The quantitative estimate of drug-likeness (QED) is 0.453. The third-order valence-corrected chi connectivity index (χ3v) is 2.65. The Balaban J connectivity index is 2.17. The zero-order valence-electron chi connectivity index (χ0n) is 9.62. The number of amides is 2. The number of aryl methyl sites for hydroxylation is 1. The molecule has 0 fully saturated rings. The van der Waals surface area contributed by atoms with Crippen molar-refractivity contribution in [1.82, 2.24) is 4.90 Å². The van der Waals surface area contributed by atoms with Crippen LogP contribution in [-0.4, -0.2) is 21.6 Å². The Morgan fingerprint density at radius 2 is 1.83 bits per heavy atom. The zero-order valence-corrected chi connectivity index (χ0v) is 9.62. The van der Waals surface area contributed by atoms with Gasteiger partial charge in [0, 0.05) is 0 Å². The fraction of sp³-hybridized carbons (Fsp3) is 0.167. The average molecular weight is 246 g/mol. The molecule has 0 saturated carbocycles. The first-order chi connectivity index (χ1) is 8.49. The van der Waals surface area contributed by atoms with Crippen molar-refractivity contribution >= 4 is 11.8 Å². The minimum absolute atomic E-state index is 0.0474. The molecular formula is C12H10N2O4. The van der Waals surface area contributed by atoms with Gasteiger partial charge in [-0.1, -0.05) is 29.8 Å². The maximum Gasteiger partial charge on any atom is 0.339 e. The molecule has 0 bridgehead atoms. The SMILES string of the molecule is Cc1ccc(CN2C(=O)C=C([N+](=O)[O-])C2=O)cc1. The summed E-state index contributed by atoms with van der Waals surface area (Å²) in [5, 5.41) is 10.5. The van der Waals surface area contributed by atoms with Crippen molar-refractivity contribution in [1.29, 1.82) is 0 Å². The van der Waals surface area contributed by atoms with Gasteiger partial charge in [0.15, 0.2) is 0 Å². The molecule has 0 radical (unpaired) electrons. The van der Waals surface area contributed by atoms with E-state index >= 15 is 0 Å². The highest BCUT2D eigenvalue weighted by Crippen LogP contribution is 2.16. The number of rotatable bonds is 3. The number of nitrogens with zero attached hydrogens (tertiary/aromatic N) is 2. The smallest absolute Gasteiger partial charge is 0.269 e. The zero-order chi connectivity index (χ0) is 13.3. The first kappa shape index (κ1) is 12.0. The van der Waals surface area contributed by atoms with Crippen LogP contribution in [0.5, 0.6) is 0 Å². The summed E-state index contributed by atoms with van der Waals surface area (Å²) in [7, 11) is 0. The topological polar surface area (TPSA) is 80.5 Å². The van der Waals surface area contributed by atoms with Crippen LogP contribution < -0.4 is 0 Å². The Morgan fingerprint density at radius 1 is 1.22 bits per heavy atom. The maximum absolute atomic E-state index is 11.6. The van der Waals surface area contributed by atoms with E-state index in [4.69, 9.17) is 0 Å². The number of nitro groups is 1. The van der Waals surface area contributed by atoms with Crippen LogP contribution in [0.3, 0.4) is 0 Å². The molecule has 0 saturated heterocycles. The average Bonchev–Trinajstić information content (AvgIpc) is 2.60. The van der Waals surface area contributed by atoms with Crippen molar-refractivity contribution in [3.05, 3.63) is 57.3 Å². The predicted molar refractivity (Wildman–Crippen MR) is 61.8 cm³/mol. The summed E-state index contributed by atoms with van der Waals surface area (Å²) in [6.45, 7) is 1.97. The fourth-order valence-electron chi connectivity index (χ4n) is 1.65. The number of hydrogen-bond donors (Lipinski definition) is 0. The maximum atomic E-state index is 11.6. The Morgan fingerprint density at radius 3 is 2.33 bits per heavy atom. The van der Waals surface area contributed by atoms with E-state index < -0.39 is 22.4 Å². The molecule has 0 N–H and O–H groups in total. The standard InChI is InChI=1S/C12H10N2O4/c1-8-2-4-9(5-3-8)7-13-11(15)6-10(12(13)16)14(17)18/h2-6H,7H2,1H3. The molecular weight excluding hydrogens is 236 g/mol. The van der Waals surface area contributed by atoms with Crippen LogP contribution in [-0.2, 0) is 16.1 Å². The fourth-order valence-corrected chi connectivity index (χ4v) is 1.65. The third kappa shape index (κ3) is 2.13. The highest BCUT2D eigenvalue weighted by Gasteiger charge is 2.38. The van der Waals surface area contributed by atoms with Gasteiger partial charge in [0.1, 0.15) is 0 Å². The van der Waals surface area contributed by atoms with E-state index in [1.54, 1.807) is 12.1 Å². The van der Waals surface area contributed by atoms with Crippen LogP contribution >= 0.6 is 0 Å². The van der Waals surface area contributed by atoms with Gasteiger partial charge in [-0.3, -0.25) is 24.6 Å². The molecule has 0 aliphatic carbocycles. The Kier molecular flexibility index (Phi) is 2.93. The Hall–Kier alpha value is -2.50. The van der Waals surface area contributed by atoms with Gasteiger partial charge in [-0.05, 0) is 12.5 Å². The van der Waals surface area contributed by atoms with Gasteiger partial charge in [0.2, 0.25) is 0 Å². The molecule has 0 atom stereocenters. The van der Waals surface area contributed by atoms with Crippen molar-refractivity contribution in [3.8, 4) is 0 Å². The summed E-state index contributed by atoms with van der Waals surface area (Å²) >= 11 is 0. The second kappa shape index (κ2) is 4.40. The summed E-state index contributed by atoms with van der Waals surface area (Å²) in [5.74, 6) is -1.50. The van der Waals surface area contributed by atoms with E-state index in [-0.39, 0.29) is 6.54 Å². The van der Waals surface area contributed by atoms with E-state index in [1.165, 1.54) is 0 Å². The van der Waals surface area contributed by atoms with Crippen LogP contribution in [0.1, 0.15) is 11.1 Å². The lowest BCUT2D eigenvalue weighted by atomic mass is 10.1. The molecule has 1 aliphatic rings. The molecule has 1 aromatic rings. The first-order valence-corrected chi connectivity index (χ1v) is 5.26. The number of carbonyl (C=O) groups excluding carboxylic acids is 2. The lowest BCUT2D eigenvalue weighted by Crippen LogP contribution is -2.31. The summed E-state index contributed by atoms with van der Waals surface area (Å²) in [6.07, 6.45) is 0.760. The van der Waals surface area contributed by atoms with Gasteiger partial charge in [-0.2, -0.15) is 0 Å². The molecule has 2 amide bonds. The summed E-state index contributed by atoms with van der Waals surface area (Å²) in [5.41, 5.74) is 1.13. The van der Waals surface area contributed by atoms with Crippen LogP contribution in [0.25, 0.3) is 0 Å². The van der Waals surface area contributed by atoms with Crippen molar-refractivity contribution in [2.24, 2.45) is 0 Å². The minimum Gasteiger partial charge on any atom is -0.269 e. The highest BCUT2D eigenvalue weighted by atomic mass is 16.6. The lowest BCUT2D eigenvalue weighted by molar-refractivity contribution is -0.418. The van der Waals surface area contributed by atoms with Gasteiger partial charge in [-0.25, -0.2) is 0 Å². The molecule has 1 aromatic carbocycles. The van der Waals surface area contributed by atoms with Crippen LogP contribution in [0, 0.1) is 17.0 Å². The molecule has 6 heteroatoms. The Bertz CT molecular complexity index is 560. The van der Waals surface area contributed by atoms with Crippen molar-refractivity contribution in [2.75, 3.05) is 0 Å². The predicted octanol–water partition coefficient (Wildman–Crippen LogP) is 1.02. The monoisotopic (exact) mass is 246 g/mol. The van der Waals surface area contributed by atoms with Crippen LogP contribution in [0.15, 0.2) is 36.0 Å². The van der Waals surface area contributed by atoms with E-state index in [0.29, 0.717) is 0 Å². The highest BCUT2D eigenvalue weighted by molar-refractivity contribution is 6.14. The first-order valence-electron chi connectivity index (χ1n) is 5.26. The van der Waals surface area contributed by atoms with E-state index in [9.17, 15) is 19.7 Å². The van der Waals surface area contributed by atoms with Crippen molar-refractivity contribution in [3.63, 3.8) is 0 Å². The second-order valence-corrected chi connectivity index (χ2v) is 4.00. The Labute approximate surface area is 103 Å². The summed E-state index contributed by atoms with van der Waals surface area (Å²) in [4.78, 5) is 33.7. The summed E-state index contributed by atoms with van der Waals surface area (Å²) < 4.78 is 0. The molecule has 0 unspecified atom stereocenters. The molecule has 0 spiro atoms. The number of hydrogen-bond acceptors (Lipinski definition) is 4. The lowest BCUT2D eigenvalue weighted by Gasteiger charge is -2.12. The van der Waals surface area contributed by atoms with Crippen molar-refractivity contribution in [2.45, 2.75) is 13.5 Å². The van der Waals surface area contributed by atoms with Gasteiger partial charge >= 0.3 is 11.6 Å². The molecule has 6 nitrogen and oxygen atoms in total. The number of carbonyl (C=O) groups is 2. The minimum atomic E-state index is -0.856. The molecule has 18 heavy (non-hydrogen) atoms. The molecule has 1 aliphatic heterocycles. The van der Waals surface area contributed by atoms with Crippen LogP contribution in [0.4, 0.5) is 0 Å². The summed E-state index contributed by atoms with van der Waals surface area (Å²) in [6, 6.07) is 7.25. The number of imide groups is 1. The molecule has 0 aromatic heterocycles. The normalized spacial score (nSPS) is 14.9. The second-order valence-electron chi connectivity index (χ2n) is 4.00. The van der Waals surface area contributed by atoms with E-state index in [2.05, 4.69) is 0 Å². The van der Waals surface area contributed by atoms with Gasteiger partial charge in [0.25, 0.3) is 5.91 Å².